The quantitative estimate of drug-likeness (QED) is 0.732. The van der Waals surface area contributed by atoms with E-state index in [1.54, 1.807) is 0 Å². The van der Waals surface area contributed by atoms with Crippen LogP contribution >= 0.6 is 0 Å². The van der Waals surface area contributed by atoms with Crippen LogP contribution in [0.1, 0.15) is 18.4 Å². The van der Waals surface area contributed by atoms with Gasteiger partial charge in [0.15, 0.2) is 0 Å². The Morgan fingerprint density at radius 3 is 3.00 bits per heavy atom. The normalized spacial score (nSPS) is 11.5. The maximum Gasteiger partial charge on any atom is 0.0460 e. The highest BCUT2D eigenvalue weighted by Crippen LogP contribution is 2.18. The molecule has 2 heteroatoms. The van der Waals surface area contributed by atoms with E-state index in [-0.39, 0.29) is 0 Å². The van der Waals surface area contributed by atoms with Crippen LogP contribution in [0.15, 0.2) is 36.5 Å². The Hall–Kier alpha value is -1.54. The lowest BCUT2D eigenvalue weighted by Gasteiger charge is -1.91. The summed E-state index contributed by atoms with van der Waals surface area (Å²) in [6, 6.07) is 8.33. The van der Waals surface area contributed by atoms with Gasteiger partial charge in [-0.05, 0) is 31.0 Å². The Morgan fingerprint density at radius 1 is 1.27 bits per heavy atom. The summed E-state index contributed by atoms with van der Waals surface area (Å²) in [4.78, 5) is 3.25. The van der Waals surface area contributed by atoms with Gasteiger partial charge < -0.3 is 10.7 Å². The van der Waals surface area contributed by atoms with Gasteiger partial charge in [-0.25, -0.2) is 0 Å². The standard InChI is InChI=1S/C13H16N2/c14-9-5-1-2-6-11-10-15-13-8-4-3-7-12(11)13/h2-4,6-8,10,15H,1,5,9,14H2/b6-2+. The molecule has 0 fully saturated rings. The summed E-state index contributed by atoms with van der Waals surface area (Å²) < 4.78 is 0. The average molecular weight is 200 g/mol. The van der Waals surface area contributed by atoms with E-state index in [9.17, 15) is 0 Å². The van der Waals surface area contributed by atoms with Crippen molar-refractivity contribution in [1.29, 1.82) is 0 Å². The van der Waals surface area contributed by atoms with Gasteiger partial charge in [0.05, 0.1) is 0 Å². The first kappa shape index (κ1) is 9.99. The lowest BCUT2D eigenvalue weighted by molar-refractivity contribution is 0.857. The van der Waals surface area contributed by atoms with E-state index in [4.69, 9.17) is 5.73 Å². The second-order valence-corrected chi connectivity index (χ2v) is 3.62. The molecule has 0 saturated heterocycles. The molecule has 0 aliphatic carbocycles. The van der Waals surface area contributed by atoms with Crippen molar-refractivity contribution >= 4 is 17.0 Å². The predicted octanol–water partition coefficient (Wildman–Crippen LogP) is 2.92. The molecule has 0 aliphatic heterocycles. The minimum Gasteiger partial charge on any atom is -0.361 e. The number of unbranched alkanes of at least 4 members (excludes halogenated alkanes) is 1. The number of rotatable bonds is 4. The predicted molar refractivity (Wildman–Crippen MR) is 65.6 cm³/mol. The Bertz CT molecular complexity index is 454. The van der Waals surface area contributed by atoms with Crippen LogP contribution in [-0.2, 0) is 0 Å². The zero-order chi connectivity index (χ0) is 10.5. The SMILES string of the molecule is NCCC/C=C/c1c[nH]c2ccccc12. The summed E-state index contributed by atoms with van der Waals surface area (Å²) in [7, 11) is 0. The lowest BCUT2D eigenvalue weighted by atomic mass is 10.1. The van der Waals surface area contributed by atoms with E-state index in [0.29, 0.717) is 0 Å². The van der Waals surface area contributed by atoms with Gasteiger partial charge in [0.25, 0.3) is 0 Å². The third-order valence-electron chi connectivity index (χ3n) is 2.49. The van der Waals surface area contributed by atoms with Crippen LogP contribution in [0.25, 0.3) is 17.0 Å². The van der Waals surface area contributed by atoms with E-state index in [0.717, 1.165) is 19.4 Å². The highest BCUT2D eigenvalue weighted by Gasteiger charge is 1.97. The average Bonchev–Trinajstić information content (AvgIpc) is 2.68. The van der Waals surface area contributed by atoms with Gasteiger partial charge in [0, 0.05) is 17.1 Å². The fourth-order valence-corrected chi connectivity index (χ4v) is 1.68. The van der Waals surface area contributed by atoms with Crippen molar-refractivity contribution in [2.75, 3.05) is 6.54 Å². The fourth-order valence-electron chi connectivity index (χ4n) is 1.68. The van der Waals surface area contributed by atoms with Gasteiger partial charge in [0.2, 0.25) is 0 Å². The summed E-state index contributed by atoms with van der Waals surface area (Å²) in [5.74, 6) is 0. The van der Waals surface area contributed by atoms with E-state index in [2.05, 4.69) is 35.3 Å². The topological polar surface area (TPSA) is 41.8 Å². The number of hydrogen-bond acceptors (Lipinski definition) is 1. The number of allylic oxidation sites excluding steroid dienone is 1. The van der Waals surface area contributed by atoms with Crippen molar-refractivity contribution < 1.29 is 0 Å². The van der Waals surface area contributed by atoms with Crippen molar-refractivity contribution in [3.05, 3.63) is 42.1 Å². The van der Waals surface area contributed by atoms with E-state index >= 15 is 0 Å². The van der Waals surface area contributed by atoms with Gasteiger partial charge in [-0.15, -0.1) is 0 Å². The molecule has 0 atom stereocenters. The number of nitrogens with two attached hydrogens (primary N) is 1. The van der Waals surface area contributed by atoms with Crippen molar-refractivity contribution in [1.82, 2.24) is 4.98 Å². The second-order valence-electron chi connectivity index (χ2n) is 3.62. The first-order valence-electron chi connectivity index (χ1n) is 5.34. The molecule has 0 aliphatic rings. The number of nitrogens with one attached hydrogen (secondary N) is 1. The van der Waals surface area contributed by atoms with Crippen LogP contribution < -0.4 is 5.73 Å². The molecule has 1 aromatic heterocycles. The second kappa shape index (κ2) is 4.80. The Balaban J connectivity index is 2.17. The number of H-pyrrole nitrogens is 1. The summed E-state index contributed by atoms with van der Waals surface area (Å²) >= 11 is 0. The van der Waals surface area contributed by atoms with Crippen molar-refractivity contribution in [2.45, 2.75) is 12.8 Å². The molecular weight excluding hydrogens is 184 g/mol. The minimum absolute atomic E-state index is 0.762. The zero-order valence-corrected chi connectivity index (χ0v) is 8.74. The molecule has 0 amide bonds. The number of benzene rings is 1. The maximum absolute atomic E-state index is 5.44. The van der Waals surface area contributed by atoms with Crippen LogP contribution in [0, 0.1) is 0 Å². The molecule has 0 spiro atoms. The third kappa shape index (κ3) is 2.28. The number of aromatic amines is 1. The molecule has 0 bridgehead atoms. The van der Waals surface area contributed by atoms with Crippen LogP contribution in [0.4, 0.5) is 0 Å². The number of para-hydroxylation sites is 1. The molecule has 3 N–H and O–H groups in total. The van der Waals surface area contributed by atoms with E-state index in [1.807, 2.05) is 12.3 Å². The third-order valence-corrected chi connectivity index (χ3v) is 2.49. The van der Waals surface area contributed by atoms with Gasteiger partial charge >= 0.3 is 0 Å². The molecule has 2 aromatic rings. The Morgan fingerprint density at radius 2 is 2.13 bits per heavy atom. The lowest BCUT2D eigenvalue weighted by Crippen LogP contribution is -1.96. The van der Waals surface area contributed by atoms with Crippen molar-refractivity contribution in [3.63, 3.8) is 0 Å². The zero-order valence-electron chi connectivity index (χ0n) is 8.74. The van der Waals surface area contributed by atoms with Gasteiger partial charge in [-0.1, -0.05) is 30.4 Å². The molecule has 78 valence electrons. The molecule has 2 nitrogen and oxygen atoms in total. The number of aromatic nitrogens is 1. The van der Waals surface area contributed by atoms with Crippen LogP contribution in [-0.4, -0.2) is 11.5 Å². The summed E-state index contributed by atoms with van der Waals surface area (Å²) in [6.07, 6.45) is 8.50. The van der Waals surface area contributed by atoms with E-state index in [1.165, 1.54) is 16.5 Å². The summed E-state index contributed by atoms with van der Waals surface area (Å²) in [5, 5.41) is 1.28. The summed E-state index contributed by atoms with van der Waals surface area (Å²) in [6.45, 7) is 0.762. The molecule has 2 rings (SSSR count). The first-order chi connectivity index (χ1) is 7.42. The van der Waals surface area contributed by atoms with Gasteiger partial charge in [-0.3, -0.25) is 0 Å². The van der Waals surface area contributed by atoms with Crippen LogP contribution in [0.5, 0.6) is 0 Å². The van der Waals surface area contributed by atoms with Crippen molar-refractivity contribution in [3.8, 4) is 0 Å². The highest BCUT2D eigenvalue weighted by molar-refractivity contribution is 5.88. The molecule has 0 saturated carbocycles. The maximum atomic E-state index is 5.44. The molecule has 15 heavy (non-hydrogen) atoms. The fraction of sp³-hybridized carbons (Fsp3) is 0.231. The molecule has 0 unspecified atom stereocenters. The van der Waals surface area contributed by atoms with Crippen LogP contribution in [0.2, 0.25) is 0 Å². The molecule has 0 radical (unpaired) electrons. The molecule has 1 heterocycles. The first-order valence-corrected chi connectivity index (χ1v) is 5.34. The van der Waals surface area contributed by atoms with Crippen molar-refractivity contribution in [2.24, 2.45) is 5.73 Å². The monoisotopic (exact) mass is 200 g/mol. The summed E-state index contributed by atoms with van der Waals surface area (Å²) in [5.41, 5.74) is 7.88. The van der Waals surface area contributed by atoms with Gasteiger partial charge in [-0.2, -0.15) is 0 Å². The minimum atomic E-state index is 0.762. The Labute approximate surface area is 89.8 Å². The van der Waals surface area contributed by atoms with E-state index < -0.39 is 0 Å². The molecule has 1 aromatic carbocycles. The molecular formula is C13H16N2. The number of hydrogen-bond donors (Lipinski definition) is 2. The number of fused-ring (bicyclic) bond motifs is 1. The Kier molecular flexibility index (Phi) is 3.20. The van der Waals surface area contributed by atoms with Gasteiger partial charge in [0.1, 0.15) is 0 Å². The largest absolute Gasteiger partial charge is 0.361 e. The van der Waals surface area contributed by atoms with Crippen LogP contribution in [0.3, 0.4) is 0 Å². The smallest absolute Gasteiger partial charge is 0.0460 e. The highest BCUT2D eigenvalue weighted by atomic mass is 14.7.